The second-order valence-electron chi connectivity index (χ2n) is 10.6. The van der Waals surface area contributed by atoms with E-state index in [2.05, 4.69) is 158 Å². The molecular weight excluding hydrogens is 480 g/mol. The largest absolute Gasteiger partial charge is 0.0616 e. The minimum atomic E-state index is 1.23. The van der Waals surface area contributed by atoms with Gasteiger partial charge in [-0.1, -0.05) is 133 Å². The fourth-order valence-corrected chi connectivity index (χ4v) is 6.11. The monoisotopic (exact) mass is 506 g/mol. The van der Waals surface area contributed by atoms with E-state index in [0.29, 0.717) is 0 Å². The lowest BCUT2D eigenvalue weighted by Gasteiger charge is -2.12. The molecule has 8 aromatic rings. The van der Waals surface area contributed by atoms with Crippen molar-refractivity contribution in [2.45, 2.75) is 0 Å². The van der Waals surface area contributed by atoms with Crippen LogP contribution in [-0.2, 0) is 0 Å². The number of hydrogen-bond donors (Lipinski definition) is 0. The van der Waals surface area contributed by atoms with Gasteiger partial charge in [0, 0.05) is 0 Å². The first-order valence-corrected chi connectivity index (χ1v) is 13.8. The van der Waals surface area contributed by atoms with Crippen molar-refractivity contribution >= 4 is 43.1 Å². The van der Waals surface area contributed by atoms with E-state index in [1.165, 1.54) is 76.5 Å². The van der Waals surface area contributed by atoms with Crippen molar-refractivity contribution in [2.24, 2.45) is 0 Å². The topological polar surface area (TPSA) is 0 Å². The lowest BCUT2D eigenvalue weighted by molar-refractivity contribution is 1.61. The molecule has 0 aromatic heterocycles. The van der Waals surface area contributed by atoms with Gasteiger partial charge in [-0.2, -0.15) is 0 Å². The first-order valence-electron chi connectivity index (χ1n) is 13.8. The van der Waals surface area contributed by atoms with E-state index >= 15 is 0 Å². The molecule has 0 N–H and O–H groups in total. The molecule has 0 aliphatic carbocycles. The Balaban J connectivity index is 1.19. The number of rotatable bonds is 3. The molecule has 0 atom stereocenters. The summed E-state index contributed by atoms with van der Waals surface area (Å²) in [5.41, 5.74) is 7.47. The molecule has 0 bridgehead atoms. The third-order valence-corrected chi connectivity index (χ3v) is 8.22. The van der Waals surface area contributed by atoms with Crippen LogP contribution in [0.5, 0.6) is 0 Å². The summed E-state index contributed by atoms with van der Waals surface area (Å²) < 4.78 is 0. The van der Waals surface area contributed by atoms with Crippen LogP contribution in [0.4, 0.5) is 0 Å². The summed E-state index contributed by atoms with van der Waals surface area (Å²) >= 11 is 0. The summed E-state index contributed by atoms with van der Waals surface area (Å²) in [4.78, 5) is 0. The van der Waals surface area contributed by atoms with Gasteiger partial charge in [0.1, 0.15) is 0 Å². The Bertz CT molecular complexity index is 2200. The smallest absolute Gasteiger partial charge is 0.00988 e. The lowest BCUT2D eigenvalue weighted by Crippen LogP contribution is -1.86. The average molecular weight is 507 g/mol. The first kappa shape index (κ1) is 22.8. The van der Waals surface area contributed by atoms with Crippen LogP contribution in [0, 0.1) is 0 Å². The van der Waals surface area contributed by atoms with Gasteiger partial charge < -0.3 is 0 Å². The SMILES string of the molecule is c1ccc2cc(-c3ccc(-c4ccc5ccc(-c6cc7ccccc7c7ccccc67)cc5c4)cc3)ccc2c1. The Kier molecular flexibility index (Phi) is 5.24. The van der Waals surface area contributed by atoms with Gasteiger partial charge in [-0.25, -0.2) is 0 Å². The highest BCUT2D eigenvalue weighted by Crippen LogP contribution is 2.37. The third-order valence-electron chi connectivity index (χ3n) is 8.22. The molecule has 8 rings (SSSR count). The summed E-state index contributed by atoms with van der Waals surface area (Å²) in [7, 11) is 0. The van der Waals surface area contributed by atoms with E-state index < -0.39 is 0 Å². The lowest BCUT2D eigenvalue weighted by atomic mass is 9.91. The quantitative estimate of drug-likeness (QED) is 0.209. The molecule has 0 amide bonds. The number of benzene rings is 8. The first-order chi connectivity index (χ1) is 19.8. The summed E-state index contributed by atoms with van der Waals surface area (Å²) in [6.07, 6.45) is 0. The van der Waals surface area contributed by atoms with E-state index in [1.807, 2.05) is 0 Å². The van der Waals surface area contributed by atoms with E-state index in [9.17, 15) is 0 Å². The van der Waals surface area contributed by atoms with Crippen molar-refractivity contribution in [3.05, 3.63) is 158 Å². The van der Waals surface area contributed by atoms with E-state index in [1.54, 1.807) is 0 Å². The molecule has 0 unspecified atom stereocenters. The predicted octanol–water partition coefficient (Wildman–Crippen LogP) is 11.3. The van der Waals surface area contributed by atoms with Crippen molar-refractivity contribution < 1.29 is 0 Å². The van der Waals surface area contributed by atoms with Gasteiger partial charge in [-0.3, -0.25) is 0 Å². The molecule has 0 heterocycles. The van der Waals surface area contributed by atoms with Crippen LogP contribution in [0.1, 0.15) is 0 Å². The van der Waals surface area contributed by atoms with Gasteiger partial charge in [-0.05, 0) is 101 Å². The Morgan fingerprint density at radius 3 is 1.38 bits per heavy atom. The van der Waals surface area contributed by atoms with Gasteiger partial charge in [0.2, 0.25) is 0 Å². The van der Waals surface area contributed by atoms with E-state index in [4.69, 9.17) is 0 Å². The van der Waals surface area contributed by atoms with Crippen molar-refractivity contribution in [3.63, 3.8) is 0 Å². The van der Waals surface area contributed by atoms with Crippen molar-refractivity contribution in [1.82, 2.24) is 0 Å². The molecule has 0 spiro atoms. The second-order valence-corrected chi connectivity index (χ2v) is 10.6. The second kappa shape index (κ2) is 9.22. The maximum atomic E-state index is 2.35. The zero-order valence-corrected chi connectivity index (χ0v) is 22.0. The van der Waals surface area contributed by atoms with Crippen LogP contribution in [-0.4, -0.2) is 0 Å². The summed E-state index contributed by atoms with van der Waals surface area (Å²) in [6, 6.07) is 57.6. The van der Waals surface area contributed by atoms with Gasteiger partial charge in [0.15, 0.2) is 0 Å². The van der Waals surface area contributed by atoms with Crippen molar-refractivity contribution in [2.75, 3.05) is 0 Å². The highest BCUT2D eigenvalue weighted by molar-refractivity contribution is 6.14. The maximum absolute atomic E-state index is 2.35. The van der Waals surface area contributed by atoms with Crippen molar-refractivity contribution in [1.29, 1.82) is 0 Å². The standard InChI is InChI=1S/C40H26/c1-2-8-31-23-32(20-17-27(31)7-1)28-13-15-29(16-14-28)33-21-18-30-19-22-35(25-36(30)24-33)40-26-34-9-3-4-10-37(34)38-11-5-6-12-39(38)40/h1-26H. The third kappa shape index (κ3) is 3.85. The van der Waals surface area contributed by atoms with Gasteiger partial charge in [0.25, 0.3) is 0 Å². The molecular formula is C40H26. The molecule has 0 aliphatic heterocycles. The molecule has 0 radical (unpaired) electrons. The molecule has 40 heavy (non-hydrogen) atoms. The normalized spacial score (nSPS) is 11.5. The van der Waals surface area contributed by atoms with Gasteiger partial charge in [0.05, 0.1) is 0 Å². The zero-order valence-electron chi connectivity index (χ0n) is 22.0. The van der Waals surface area contributed by atoms with Crippen LogP contribution in [0.3, 0.4) is 0 Å². The molecule has 0 aliphatic rings. The van der Waals surface area contributed by atoms with Crippen molar-refractivity contribution in [3.8, 4) is 33.4 Å². The molecule has 0 saturated heterocycles. The summed E-state index contributed by atoms with van der Waals surface area (Å²) in [5, 5.41) is 10.2. The van der Waals surface area contributed by atoms with Crippen LogP contribution in [0.25, 0.3) is 76.5 Å². The summed E-state index contributed by atoms with van der Waals surface area (Å²) in [6.45, 7) is 0. The molecule has 186 valence electrons. The van der Waals surface area contributed by atoms with Crippen LogP contribution in [0.2, 0.25) is 0 Å². The van der Waals surface area contributed by atoms with Gasteiger partial charge >= 0.3 is 0 Å². The fourth-order valence-electron chi connectivity index (χ4n) is 6.11. The molecule has 0 fully saturated rings. The zero-order chi connectivity index (χ0) is 26.5. The Morgan fingerprint density at radius 2 is 0.675 bits per heavy atom. The van der Waals surface area contributed by atoms with Crippen LogP contribution >= 0.6 is 0 Å². The maximum Gasteiger partial charge on any atom is -0.00988 e. The highest BCUT2D eigenvalue weighted by Gasteiger charge is 2.10. The van der Waals surface area contributed by atoms with Gasteiger partial charge in [-0.15, -0.1) is 0 Å². The molecule has 0 saturated carbocycles. The molecule has 0 nitrogen and oxygen atoms in total. The number of fused-ring (bicyclic) bond motifs is 5. The molecule has 8 aromatic carbocycles. The molecule has 0 heteroatoms. The predicted molar refractivity (Wildman–Crippen MR) is 173 cm³/mol. The Labute approximate surface area is 233 Å². The fraction of sp³-hybridized carbons (Fsp3) is 0. The minimum absolute atomic E-state index is 1.23. The minimum Gasteiger partial charge on any atom is -0.0616 e. The Morgan fingerprint density at radius 1 is 0.225 bits per heavy atom. The van der Waals surface area contributed by atoms with E-state index in [0.717, 1.165) is 0 Å². The van der Waals surface area contributed by atoms with Crippen LogP contribution < -0.4 is 0 Å². The Hall–Kier alpha value is -5.20. The highest BCUT2D eigenvalue weighted by atomic mass is 14.1. The average Bonchev–Trinajstić information content (AvgIpc) is 3.03. The van der Waals surface area contributed by atoms with Crippen LogP contribution in [0.15, 0.2) is 158 Å². The van der Waals surface area contributed by atoms with E-state index in [-0.39, 0.29) is 0 Å². The number of hydrogen-bond acceptors (Lipinski definition) is 0. The summed E-state index contributed by atoms with van der Waals surface area (Å²) in [5.74, 6) is 0.